The van der Waals surface area contributed by atoms with Gasteiger partial charge in [-0.3, -0.25) is 0 Å². The highest BCUT2D eigenvalue weighted by Crippen LogP contribution is 2.53. The molecule has 0 spiro atoms. The van der Waals surface area contributed by atoms with Gasteiger partial charge in [0.25, 0.3) is 5.92 Å². The molecule has 2 unspecified atom stereocenters. The van der Waals surface area contributed by atoms with Crippen molar-refractivity contribution in [3.63, 3.8) is 0 Å². The van der Waals surface area contributed by atoms with E-state index in [0.717, 1.165) is 12.8 Å². The first kappa shape index (κ1) is 7.96. The molecule has 2 atom stereocenters. The van der Waals surface area contributed by atoms with Crippen LogP contribution in [0.3, 0.4) is 0 Å². The highest BCUT2D eigenvalue weighted by Gasteiger charge is 2.58. The average molecular weight is 147 g/mol. The number of halogens is 2. The first-order chi connectivity index (χ1) is 4.58. The van der Waals surface area contributed by atoms with Crippen LogP contribution in [0.25, 0.3) is 0 Å². The van der Waals surface area contributed by atoms with Crippen molar-refractivity contribution in [3.05, 3.63) is 6.92 Å². The Balaban J connectivity index is 2.25. The molecule has 0 amide bonds. The summed E-state index contributed by atoms with van der Waals surface area (Å²) in [6.45, 7) is 5.70. The van der Waals surface area contributed by atoms with Gasteiger partial charge < -0.3 is 0 Å². The minimum absolute atomic E-state index is 0.0278. The van der Waals surface area contributed by atoms with Gasteiger partial charge in [0.1, 0.15) is 0 Å². The van der Waals surface area contributed by atoms with Crippen LogP contribution in [0.1, 0.15) is 26.2 Å². The minimum atomic E-state index is -2.37. The molecule has 1 aliphatic rings. The molecule has 0 aromatic carbocycles. The fourth-order valence-corrected chi connectivity index (χ4v) is 1.32. The van der Waals surface area contributed by atoms with Crippen molar-refractivity contribution in [1.82, 2.24) is 0 Å². The first-order valence-corrected chi connectivity index (χ1v) is 3.79. The molecule has 2 heteroatoms. The van der Waals surface area contributed by atoms with Gasteiger partial charge in [-0.15, -0.1) is 0 Å². The lowest BCUT2D eigenvalue weighted by Gasteiger charge is -2.06. The molecule has 0 N–H and O–H groups in total. The summed E-state index contributed by atoms with van der Waals surface area (Å²) < 4.78 is 24.7. The van der Waals surface area contributed by atoms with Gasteiger partial charge in [0.2, 0.25) is 0 Å². The van der Waals surface area contributed by atoms with E-state index in [1.54, 1.807) is 0 Å². The Labute approximate surface area is 60.6 Å². The van der Waals surface area contributed by atoms with E-state index >= 15 is 0 Å². The quantitative estimate of drug-likeness (QED) is 0.575. The molecule has 0 aromatic heterocycles. The van der Waals surface area contributed by atoms with Gasteiger partial charge in [0, 0.05) is 12.3 Å². The minimum Gasteiger partial charge on any atom is -0.207 e. The lowest BCUT2D eigenvalue weighted by molar-refractivity contribution is 0.0885. The largest absolute Gasteiger partial charge is 0.251 e. The SMILES string of the molecule is [CH2]C(CCC)C1CC1(F)F. The van der Waals surface area contributed by atoms with E-state index in [0.29, 0.717) is 0 Å². The van der Waals surface area contributed by atoms with E-state index in [4.69, 9.17) is 0 Å². The molecule has 59 valence electrons. The molecule has 10 heavy (non-hydrogen) atoms. The van der Waals surface area contributed by atoms with Crippen LogP contribution < -0.4 is 0 Å². The smallest absolute Gasteiger partial charge is 0.207 e. The highest BCUT2D eigenvalue weighted by molar-refractivity contribution is 4.99. The van der Waals surface area contributed by atoms with Crippen LogP contribution in [0.2, 0.25) is 0 Å². The maximum Gasteiger partial charge on any atom is 0.251 e. The van der Waals surface area contributed by atoms with E-state index in [-0.39, 0.29) is 12.3 Å². The van der Waals surface area contributed by atoms with Gasteiger partial charge in [-0.2, -0.15) is 0 Å². The molecule has 0 heterocycles. The van der Waals surface area contributed by atoms with Gasteiger partial charge in [-0.25, -0.2) is 8.78 Å². The van der Waals surface area contributed by atoms with Crippen molar-refractivity contribution in [1.29, 1.82) is 0 Å². The maximum atomic E-state index is 12.3. The predicted molar refractivity (Wildman–Crippen MR) is 36.8 cm³/mol. The van der Waals surface area contributed by atoms with Crippen LogP contribution in [-0.4, -0.2) is 5.92 Å². The van der Waals surface area contributed by atoms with Crippen molar-refractivity contribution in [3.8, 4) is 0 Å². The molecule has 0 aliphatic heterocycles. The topological polar surface area (TPSA) is 0 Å². The Morgan fingerprint density at radius 2 is 2.20 bits per heavy atom. The summed E-state index contributed by atoms with van der Waals surface area (Å²) in [4.78, 5) is 0. The first-order valence-electron chi connectivity index (χ1n) is 3.79. The Morgan fingerprint density at radius 1 is 1.70 bits per heavy atom. The zero-order chi connectivity index (χ0) is 7.78. The molecule has 0 saturated heterocycles. The molecule has 0 aromatic rings. The molecule has 1 saturated carbocycles. The lowest BCUT2D eigenvalue weighted by atomic mass is 10.0. The van der Waals surface area contributed by atoms with Crippen molar-refractivity contribution in [2.24, 2.45) is 11.8 Å². The van der Waals surface area contributed by atoms with Crippen molar-refractivity contribution >= 4 is 0 Å². The summed E-state index contributed by atoms with van der Waals surface area (Å²) in [5, 5.41) is 0. The molecular weight excluding hydrogens is 134 g/mol. The fraction of sp³-hybridized carbons (Fsp3) is 0.875. The lowest BCUT2D eigenvalue weighted by Crippen LogP contribution is -2.04. The van der Waals surface area contributed by atoms with E-state index in [2.05, 4.69) is 6.92 Å². The highest BCUT2D eigenvalue weighted by atomic mass is 19.3. The number of hydrogen-bond acceptors (Lipinski definition) is 0. The van der Waals surface area contributed by atoms with Crippen LogP contribution >= 0.6 is 0 Å². The molecule has 0 nitrogen and oxygen atoms in total. The molecule has 1 rings (SSSR count). The van der Waals surface area contributed by atoms with E-state index in [9.17, 15) is 8.78 Å². The second kappa shape index (κ2) is 2.48. The standard InChI is InChI=1S/C8H13F2/c1-3-4-6(2)7-5-8(7,9)10/h6-7H,2-5H2,1H3. The monoisotopic (exact) mass is 147 g/mol. The molecule has 1 radical (unpaired) electrons. The third-order valence-electron chi connectivity index (χ3n) is 2.10. The Hall–Kier alpha value is -0.140. The third-order valence-corrected chi connectivity index (χ3v) is 2.10. The summed E-state index contributed by atoms with van der Waals surface area (Å²) in [7, 11) is 0. The zero-order valence-corrected chi connectivity index (χ0v) is 6.24. The normalized spacial score (nSPS) is 31.8. The van der Waals surface area contributed by atoms with Crippen molar-refractivity contribution < 1.29 is 8.78 Å². The predicted octanol–water partition coefficient (Wildman–Crippen LogP) is 2.89. The average Bonchev–Trinajstić information content (AvgIpc) is 2.41. The van der Waals surface area contributed by atoms with Gasteiger partial charge in [-0.1, -0.05) is 19.8 Å². The molecule has 1 aliphatic carbocycles. The van der Waals surface area contributed by atoms with E-state index in [1.807, 2.05) is 6.92 Å². The number of alkyl halides is 2. The van der Waals surface area contributed by atoms with Crippen LogP contribution in [0.15, 0.2) is 0 Å². The second-order valence-corrected chi connectivity index (χ2v) is 3.12. The summed E-state index contributed by atoms with van der Waals surface area (Å²) in [5.74, 6) is -2.81. The Kier molecular flexibility index (Phi) is 1.97. The van der Waals surface area contributed by atoms with E-state index < -0.39 is 11.8 Å². The van der Waals surface area contributed by atoms with Gasteiger partial charge in [0.05, 0.1) is 0 Å². The van der Waals surface area contributed by atoms with Crippen LogP contribution in [0, 0.1) is 18.8 Å². The maximum absolute atomic E-state index is 12.3. The summed E-state index contributed by atoms with van der Waals surface area (Å²) >= 11 is 0. The Morgan fingerprint density at radius 3 is 2.50 bits per heavy atom. The number of rotatable bonds is 3. The van der Waals surface area contributed by atoms with Gasteiger partial charge in [0.15, 0.2) is 0 Å². The third kappa shape index (κ3) is 1.47. The summed E-state index contributed by atoms with van der Waals surface area (Å²) in [5.41, 5.74) is 0. The molecule has 0 bridgehead atoms. The van der Waals surface area contributed by atoms with E-state index in [1.165, 1.54) is 0 Å². The van der Waals surface area contributed by atoms with Crippen molar-refractivity contribution in [2.75, 3.05) is 0 Å². The molecule has 1 fully saturated rings. The second-order valence-electron chi connectivity index (χ2n) is 3.12. The van der Waals surface area contributed by atoms with Gasteiger partial charge in [-0.05, 0) is 12.8 Å². The summed E-state index contributed by atoms with van der Waals surface area (Å²) in [6.07, 6.45) is 1.86. The number of hydrogen-bond donors (Lipinski definition) is 0. The summed E-state index contributed by atoms with van der Waals surface area (Å²) in [6, 6.07) is 0. The zero-order valence-electron chi connectivity index (χ0n) is 6.24. The van der Waals surface area contributed by atoms with Crippen LogP contribution in [0.5, 0.6) is 0 Å². The fourth-order valence-electron chi connectivity index (χ4n) is 1.32. The van der Waals surface area contributed by atoms with Gasteiger partial charge >= 0.3 is 0 Å². The molecular formula is C8H13F2. The van der Waals surface area contributed by atoms with Crippen molar-refractivity contribution in [2.45, 2.75) is 32.1 Å². The Bertz CT molecular complexity index is 120. The van der Waals surface area contributed by atoms with Crippen LogP contribution in [0.4, 0.5) is 8.78 Å². The van der Waals surface area contributed by atoms with Crippen LogP contribution in [-0.2, 0) is 0 Å².